The van der Waals surface area contributed by atoms with Crippen LogP contribution < -0.4 is 16.2 Å². The lowest BCUT2D eigenvalue weighted by Crippen LogP contribution is -2.44. The van der Waals surface area contributed by atoms with Gasteiger partial charge in [0, 0.05) is 22.9 Å². The molecule has 0 saturated carbocycles. The van der Waals surface area contributed by atoms with Gasteiger partial charge in [0.25, 0.3) is 5.56 Å². The van der Waals surface area contributed by atoms with Crippen LogP contribution in [-0.2, 0) is 16.1 Å². The van der Waals surface area contributed by atoms with E-state index in [1.54, 1.807) is 11.5 Å². The Morgan fingerprint density at radius 3 is 2.77 bits per heavy atom. The molecule has 0 saturated heterocycles. The van der Waals surface area contributed by atoms with Gasteiger partial charge in [-0.25, -0.2) is 14.6 Å². The third kappa shape index (κ3) is 4.54. The van der Waals surface area contributed by atoms with E-state index < -0.39 is 5.97 Å². The highest BCUT2D eigenvalue weighted by molar-refractivity contribution is 7.99. The van der Waals surface area contributed by atoms with E-state index in [4.69, 9.17) is 9.72 Å². The number of nitrogens with zero attached hydrogens (tertiary/aromatic N) is 2. The van der Waals surface area contributed by atoms with Crippen molar-refractivity contribution in [2.24, 2.45) is 0 Å². The zero-order chi connectivity index (χ0) is 21.8. The summed E-state index contributed by atoms with van der Waals surface area (Å²) in [5.41, 5.74) is 1.81. The molecule has 10 heteroatoms. The van der Waals surface area contributed by atoms with E-state index in [0.29, 0.717) is 34.1 Å². The number of amides is 2. The third-order valence-corrected chi connectivity index (χ3v) is 7.01. The molecule has 0 radical (unpaired) electrons. The number of ether oxygens (including phenoxy) is 1. The maximum Gasteiger partial charge on any atom is 0.337 e. The van der Waals surface area contributed by atoms with Gasteiger partial charge in [-0.2, -0.15) is 0 Å². The zero-order valence-corrected chi connectivity index (χ0v) is 19.2. The van der Waals surface area contributed by atoms with Gasteiger partial charge < -0.3 is 15.4 Å². The van der Waals surface area contributed by atoms with Crippen molar-refractivity contribution in [3.8, 4) is 0 Å². The number of esters is 1. The molecule has 3 heterocycles. The molecule has 0 fully saturated rings. The number of hydrogen-bond donors (Lipinski definition) is 2. The second-order valence-corrected chi connectivity index (χ2v) is 9.09. The normalized spacial score (nSPS) is 14.1. The van der Waals surface area contributed by atoms with Gasteiger partial charge in [-0.05, 0) is 32.8 Å². The first-order chi connectivity index (χ1) is 14.4. The second kappa shape index (κ2) is 9.65. The lowest BCUT2D eigenvalue weighted by molar-refractivity contribution is -0.138. The molecule has 2 aromatic rings. The monoisotopic (exact) mass is 450 g/mol. The summed E-state index contributed by atoms with van der Waals surface area (Å²) >= 11 is 2.85. The SMILES string of the molecule is CCCCn1c(SCC2=C(C(=O)OCC)CNC(=O)N2)nc2sc(C)c(C)c2c1=O. The van der Waals surface area contributed by atoms with Gasteiger partial charge in [0.1, 0.15) is 4.83 Å². The number of carbonyl (C=O) groups excluding carboxylic acids is 2. The summed E-state index contributed by atoms with van der Waals surface area (Å²) in [5, 5.41) is 6.56. The van der Waals surface area contributed by atoms with E-state index in [2.05, 4.69) is 17.6 Å². The van der Waals surface area contributed by atoms with Crippen LogP contribution in [0.1, 0.15) is 37.1 Å². The van der Waals surface area contributed by atoms with E-state index in [9.17, 15) is 14.4 Å². The quantitative estimate of drug-likeness (QED) is 0.364. The Morgan fingerprint density at radius 2 is 2.07 bits per heavy atom. The molecule has 0 atom stereocenters. The average Bonchev–Trinajstić information content (AvgIpc) is 2.99. The molecule has 3 rings (SSSR count). The second-order valence-electron chi connectivity index (χ2n) is 6.94. The van der Waals surface area contributed by atoms with Gasteiger partial charge in [-0.15, -0.1) is 11.3 Å². The van der Waals surface area contributed by atoms with Crippen LogP contribution in [0.4, 0.5) is 4.79 Å². The fourth-order valence-corrected chi connectivity index (χ4v) is 5.22. The van der Waals surface area contributed by atoms with Crippen LogP contribution >= 0.6 is 23.1 Å². The van der Waals surface area contributed by atoms with Crippen molar-refractivity contribution in [2.45, 2.75) is 52.2 Å². The number of rotatable bonds is 8. The smallest absolute Gasteiger partial charge is 0.337 e. The first-order valence-corrected chi connectivity index (χ1v) is 11.7. The Kier molecular flexibility index (Phi) is 7.19. The number of hydrogen-bond acceptors (Lipinski definition) is 7. The molecule has 0 spiro atoms. The molecule has 2 N–H and O–H groups in total. The molecule has 1 aliphatic rings. The number of fused-ring (bicyclic) bond motifs is 1. The van der Waals surface area contributed by atoms with Gasteiger partial charge in [-0.3, -0.25) is 9.36 Å². The standard InChI is InChI=1S/C20H26N4O4S2/c1-5-7-8-24-17(25)15-11(3)12(4)30-16(15)23-20(24)29-10-14-13(18(26)28-6-2)9-21-19(27)22-14/h5-10H2,1-4H3,(H2,21,22,27). The Bertz CT molecular complexity index is 1070. The number of carbonyl (C=O) groups is 2. The molecule has 0 unspecified atom stereocenters. The van der Waals surface area contributed by atoms with Crippen molar-refractivity contribution in [1.29, 1.82) is 0 Å². The summed E-state index contributed by atoms with van der Waals surface area (Å²) in [6.07, 6.45) is 1.82. The minimum atomic E-state index is -0.461. The predicted octanol–water partition coefficient (Wildman–Crippen LogP) is 3.10. The first kappa shape index (κ1) is 22.4. The first-order valence-electron chi connectivity index (χ1n) is 9.94. The molecule has 30 heavy (non-hydrogen) atoms. The highest BCUT2D eigenvalue weighted by Gasteiger charge is 2.24. The number of thiophene rings is 1. The molecule has 1 aliphatic heterocycles. The molecule has 0 aliphatic carbocycles. The topological polar surface area (TPSA) is 102 Å². The molecule has 8 nitrogen and oxygen atoms in total. The van der Waals surface area contributed by atoms with Gasteiger partial charge in [0.15, 0.2) is 5.16 Å². The van der Waals surface area contributed by atoms with Crippen LogP contribution in [0.15, 0.2) is 21.2 Å². The Labute approximate surface area is 183 Å². The number of urea groups is 1. The summed E-state index contributed by atoms with van der Waals surface area (Å²) in [7, 11) is 0. The van der Waals surface area contributed by atoms with Crippen molar-refractivity contribution in [3.05, 3.63) is 32.1 Å². The summed E-state index contributed by atoms with van der Waals surface area (Å²) in [4.78, 5) is 43.8. The van der Waals surface area contributed by atoms with E-state index in [1.807, 2.05) is 13.8 Å². The molecule has 162 valence electrons. The average molecular weight is 451 g/mol. The van der Waals surface area contributed by atoms with Crippen LogP contribution in [0.25, 0.3) is 10.2 Å². The van der Waals surface area contributed by atoms with Crippen LogP contribution in [0, 0.1) is 13.8 Å². The zero-order valence-electron chi connectivity index (χ0n) is 17.6. The van der Waals surface area contributed by atoms with Crippen molar-refractivity contribution >= 4 is 45.3 Å². The molecule has 0 bridgehead atoms. The van der Waals surface area contributed by atoms with Gasteiger partial charge in [0.2, 0.25) is 0 Å². The van der Waals surface area contributed by atoms with E-state index in [0.717, 1.165) is 28.1 Å². The molecular weight excluding hydrogens is 424 g/mol. The summed E-state index contributed by atoms with van der Waals surface area (Å²) in [6.45, 7) is 8.69. The lowest BCUT2D eigenvalue weighted by Gasteiger charge is -2.21. The van der Waals surface area contributed by atoms with E-state index >= 15 is 0 Å². The fourth-order valence-electron chi connectivity index (χ4n) is 3.14. The largest absolute Gasteiger partial charge is 0.463 e. The molecular formula is C20H26N4O4S2. The number of aromatic nitrogens is 2. The summed E-state index contributed by atoms with van der Waals surface area (Å²) in [6, 6.07) is -0.366. The summed E-state index contributed by atoms with van der Waals surface area (Å²) < 4.78 is 6.81. The number of unbranched alkanes of at least 4 members (excludes halogenated alkanes) is 1. The minimum absolute atomic E-state index is 0.0354. The van der Waals surface area contributed by atoms with Crippen molar-refractivity contribution in [3.63, 3.8) is 0 Å². The predicted molar refractivity (Wildman–Crippen MR) is 119 cm³/mol. The van der Waals surface area contributed by atoms with Crippen molar-refractivity contribution in [2.75, 3.05) is 18.9 Å². The Morgan fingerprint density at radius 1 is 1.30 bits per heavy atom. The highest BCUT2D eigenvalue weighted by atomic mass is 32.2. The number of aryl methyl sites for hydroxylation is 2. The van der Waals surface area contributed by atoms with Crippen LogP contribution in [0.5, 0.6) is 0 Å². The number of thioether (sulfide) groups is 1. The van der Waals surface area contributed by atoms with Gasteiger partial charge in [0.05, 0.1) is 24.1 Å². The van der Waals surface area contributed by atoms with Crippen molar-refractivity contribution < 1.29 is 14.3 Å². The molecule has 2 aromatic heterocycles. The van der Waals surface area contributed by atoms with Crippen LogP contribution in [-0.4, -0.2) is 40.5 Å². The van der Waals surface area contributed by atoms with E-state index in [-0.39, 0.29) is 24.7 Å². The van der Waals surface area contributed by atoms with Gasteiger partial charge in [-0.1, -0.05) is 25.1 Å². The summed E-state index contributed by atoms with van der Waals surface area (Å²) in [5.74, 6) is -0.161. The lowest BCUT2D eigenvalue weighted by atomic mass is 10.2. The van der Waals surface area contributed by atoms with Crippen LogP contribution in [0.2, 0.25) is 0 Å². The highest BCUT2D eigenvalue weighted by Crippen LogP contribution is 2.29. The fraction of sp³-hybridized carbons (Fsp3) is 0.500. The minimum Gasteiger partial charge on any atom is -0.463 e. The Balaban J connectivity index is 1.98. The van der Waals surface area contributed by atoms with Crippen LogP contribution in [0.3, 0.4) is 0 Å². The molecule has 0 aromatic carbocycles. The van der Waals surface area contributed by atoms with Crippen molar-refractivity contribution in [1.82, 2.24) is 20.2 Å². The molecule has 2 amide bonds. The Hall–Kier alpha value is -2.33. The third-order valence-electron chi connectivity index (χ3n) is 4.91. The van der Waals surface area contributed by atoms with Gasteiger partial charge >= 0.3 is 12.0 Å². The maximum atomic E-state index is 13.2. The maximum absolute atomic E-state index is 13.2. The van der Waals surface area contributed by atoms with E-state index in [1.165, 1.54) is 23.1 Å². The number of nitrogens with one attached hydrogen (secondary N) is 2.